The minimum Gasteiger partial charge on any atom is -0.350 e. The Morgan fingerprint density at radius 3 is 2.33 bits per heavy atom. The maximum atomic E-state index is 4.77. The highest BCUT2D eigenvalue weighted by atomic mass is 28.2. The summed E-state index contributed by atoms with van der Waals surface area (Å²) in [5.41, 5.74) is 0. The van der Waals surface area contributed by atoms with Crippen LogP contribution in [-0.2, 0) is 4.58 Å². The first-order valence-electron chi connectivity index (χ1n) is 2.69. The second kappa shape index (κ2) is 3.27. The van der Waals surface area contributed by atoms with E-state index in [2.05, 4.69) is 4.58 Å². The number of hydrogen-bond acceptors (Lipinski definition) is 2. The highest BCUT2D eigenvalue weighted by Gasteiger charge is 1.85. The Balaban J connectivity index is 2.61. The van der Waals surface area contributed by atoms with Crippen LogP contribution < -0.4 is 4.89 Å². The fourth-order valence-corrected chi connectivity index (χ4v) is 0.765. The molecule has 0 aromatic heterocycles. The molecular formula is C6H8O2Si. The van der Waals surface area contributed by atoms with Gasteiger partial charge in [-0.1, -0.05) is 18.2 Å². The zero-order valence-electron chi connectivity index (χ0n) is 5.20. The lowest BCUT2D eigenvalue weighted by Gasteiger charge is -1.98. The fourth-order valence-electron chi connectivity index (χ4n) is 0.572. The Morgan fingerprint density at radius 1 is 1.11 bits per heavy atom. The lowest BCUT2D eigenvalue weighted by Crippen LogP contribution is -1.90. The molecule has 0 fully saturated rings. The molecule has 0 radical (unpaired) electrons. The molecule has 0 aliphatic heterocycles. The predicted octanol–water partition coefficient (Wildman–Crippen LogP) is 0.277. The molecule has 0 heterocycles. The van der Waals surface area contributed by atoms with E-state index in [1.165, 1.54) is 0 Å². The van der Waals surface area contributed by atoms with E-state index < -0.39 is 0 Å². The van der Waals surface area contributed by atoms with Crippen molar-refractivity contribution in [1.82, 2.24) is 0 Å². The number of rotatable bonds is 2. The van der Waals surface area contributed by atoms with Gasteiger partial charge in [0, 0.05) is 0 Å². The van der Waals surface area contributed by atoms with Crippen molar-refractivity contribution in [2.24, 2.45) is 0 Å². The molecular weight excluding hydrogens is 132 g/mol. The molecule has 0 saturated heterocycles. The van der Waals surface area contributed by atoms with Crippen molar-refractivity contribution >= 4 is 10.5 Å². The van der Waals surface area contributed by atoms with Gasteiger partial charge in [-0.2, -0.15) is 0 Å². The normalized spacial score (nSPS) is 9.33. The molecule has 1 rings (SSSR count). The van der Waals surface area contributed by atoms with Gasteiger partial charge in [-0.25, -0.2) is 0 Å². The molecule has 3 heteroatoms. The van der Waals surface area contributed by atoms with E-state index in [-0.39, 0.29) is 0 Å². The minimum absolute atomic E-state index is 0.602. The van der Waals surface area contributed by atoms with Crippen molar-refractivity contribution in [3.63, 3.8) is 0 Å². The van der Waals surface area contributed by atoms with E-state index >= 15 is 0 Å². The molecule has 1 aromatic carbocycles. The van der Waals surface area contributed by atoms with Gasteiger partial charge in [0.2, 0.25) is 10.5 Å². The van der Waals surface area contributed by atoms with E-state index in [1.54, 1.807) is 0 Å². The second-order valence-corrected chi connectivity index (χ2v) is 1.90. The number of hydrogen-bond donors (Lipinski definition) is 0. The molecule has 9 heavy (non-hydrogen) atoms. The maximum absolute atomic E-state index is 4.77. The van der Waals surface area contributed by atoms with E-state index in [4.69, 9.17) is 4.89 Å². The molecule has 0 spiro atoms. The van der Waals surface area contributed by atoms with Gasteiger partial charge in [-0.05, 0) is 12.1 Å². The summed E-state index contributed by atoms with van der Waals surface area (Å²) in [5.74, 6) is 0.757. The minimum atomic E-state index is 0.602. The molecule has 0 bridgehead atoms. The third-order valence-corrected chi connectivity index (χ3v) is 1.09. The van der Waals surface area contributed by atoms with Crippen molar-refractivity contribution in [2.75, 3.05) is 0 Å². The summed E-state index contributed by atoms with van der Waals surface area (Å²) in [7, 11) is 0.602. The topological polar surface area (TPSA) is 18.5 Å². The molecule has 0 aliphatic carbocycles. The Bertz CT molecular complexity index is 164. The first kappa shape index (κ1) is 6.32. The second-order valence-electron chi connectivity index (χ2n) is 1.56. The first-order valence-corrected chi connectivity index (χ1v) is 3.51. The molecule has 2 nitrogen and oxygen atoms in total. The van der Waals surface area contributed by atoms with Gasteiger partial charge in [-0.15, -0.1) is 0 Å². The van der Waals surface area contributed by atoms with Crippen LogP contribution in [0.15, 0.2) is 30.3 Å². The van der Waals surface area contributed by atoms with Crippen LogP contribution in [0.2, 0.25) is 0 Å². The quantitative estimate of drug-likeness (QED) is 0.334. The van der Waals surface area contributed by atoms with Crippen LogP contribution in [0.25, 0.3) is 0 Å². The molecule has 1 aromatic rings. The average Bonchev–Trinajstić information content (AvgIpc) is 1.91. The van der Waals surface area contributed by atoms with E-state index in [0.29, 0.717) is 10.5 Å². The van der Waals surface area contributed by atoms with Gasteiger partial charge in [-0.3, -0.25) is 4.58 Å². The zero-order chi connectivity index (χ0) is 6.53. The van der Waals surface area contributed by atoms with Crippen LogP contribution in [0.1, 0.15) is 0 Å². The molecule has 48 valence electrons. The van der Waals surface area contributed by atoms with Crippen LogP contribution in [0.3, 0.4) is 0 Å². The summed E-state index contributed by atoms with van der Waals surface area (Å²) in [6, 6.07) is 9.42. The third kappa shape index (κ3) is 1.87. The summed E-state index contributed by atoms with van der Waals surface area (Å²) < 4.78 is 4.57. The first-order chi connectivity index (χ1) is 4.43. The number of para-hydroxylation sites is 1. The van der Waals surface area contributed by atoms with Gasteiger partial charge in [0.05, 0.1) is 0 Å². The maximum Gasteiger partial charge on any atom is 0.209 e. The van der Waals surface area contributed by atoms with E-state index in [9.17, 15) is 0 Å². The third-order valence-electron chi connectivity index (χ3n) is 0.923. The monoisotopic (exact) mass is 140 g/mol. The van der Waals surface area contributed by atoms with Crippen LogP contribution in [0.4, 0.5) is 0 Å². The van der Waals surface area contributed by atoms with Crippen molar-refractivity contribution in [3.05, 3.63) is 30.3 Å². The molecule has 0 unspecified atom stereocenters. The van der Waals surface area contributed by atoms with Crippen molar-refractivity contribution < 1.29 is 9.46 Å². The molecule has 0 saturated carbocycles. The fraction of sp³-hybridized carbons (Fsp3) is 0. The summed E-state index contributed by atoms with van der Waals surface area (Å²) in [4.78, 5) is 4.77. The van der Waals surface area contributed by atoms with Crippen LogP contribution in [0, 0.1) is 0 Å². The Kier molecular flexibility index (Phi) is 2.29. The Morgan fingerprint density at radius 2 is 1.78 bits per heavy atom. The standard InChI is InChI=1S/C6H8O2Si/c9-8-7-6-4-2-1-3-5-6/h1-5H,9H3. The van der Waals surface area contributed by atoms with Gasteiger partial charge in [0.1, 0.15) is 0 Å². The Hall–Kier alpha value is -0.803. The van der Waals surface area contributed by atoms with E-state index in [1.807, 2.05) is 30.3 Å². The highest BCUT2D eigenvalue weighted by molar-refractivity contribution is 5.97. The van der Waals surface area contributed by atoms with Crippen molar-refractivity contribution in [3.8, 4) is 5.75 Å². The van der Waals surface area contributed by atoms with Crippen molar-refractivity contribution in [1.29, 1.82) is 0 Å². The zero-order valence-corrected chi connectivity index (χ0v) is 7.20. The van der Waals surface area contributed by atoms with Gasteiger partial charge < -0.3 is 4.89 Å². The summed E-state index contributed by atoms with van der Waals surface area (Å²) in [6.07, 6.45) is 0. The van der Waals surface area contributed by atoms with Gasteiger partial charge >= 0.3 is 0 Å². The average molecular weight is 140 g/mol. The predicted molar refractivity (Wildman–Crippen MR) is 38.1 cm³/mol. The summed E-state index contributed by atoms with van der Waals surface area (Å²) in [6.45, 7) is 0. The summed E-state index contributed by atoms with van der Waals surface area (Å²) >= 11 is 0. The molecule has 0 aliphatic rings. The van der Waals surface area contributed by atoms with Crippen LogP contribution >= 0.6 is 0 Å². The lowest BCUT2D eigenvalue weighted by atomic mass is 10.3. The van der Waals surface area contributed by atoms with E-state index in [0.717, 1.165) is 5.75 Å². The molecule has 0 atom stereocenters. The van der Waals surface area contributed by atoms with Gasteiger partial charge in [0.15, 0.2) is 5.75 Å². The highest BCUT2D eigenvalue weighted by Crippen LogP contribution is 2.06. The van der Waals surface area contributed by atoms with Crippen molar-refractivity contribution in [2.45, 2.75) is 0 Å². The number of benzene rings is 1. The Labute approximate surface area is 56.9 Å². The smallest absolute Gasteiger partial charge is 0.209 e. The van der Waals surface area contributed by atoms with Crippen LogP contribution in [0.5, 0.6) is 5.75 Å². The summed E-state index contributed by atoms with van der Waals surface area (Å²) in [5, 5.41) is 0. The largest absolute Gasteiger partial charge is 0.350 e. The lowest BCUT2D eigenvalue weighted by molar-refractivity contribution is -0.0931. The SMILES string of the molecule is [SiH3]OOc1ccccc1. The van der Waals surface area contributed by atoms with Crippen LogP contribution in [-0.4, -0.2) is 10.5 Å². The molecule has 0 amide bonds. The van der Waals surface area contributed by atoms with Gasteiger partial charge in [0.25, 0.3) is 0 Å². The molecule has 0 N–H and O–H groups in total.